The second kappa shape index (κ2) is 19.3. The molecule has 2 heterocycles. The summed E-state index contributed by atoms with van der Waals surface area (Å²) >= 11 is 0. The van der Waals surface area contributed by atoms with Gasteiger partial charge in [0.2, 0.25) is 35.4 Å². The second-order valence-corrected chi connectivity index (χ2v) is 11.4. The number of aromatic amines is 1. The van der Waals surface area contributed by atoms with Crippen LogP contribution in [-0.2, 0) is 44.8 Å². The quantitative estimate of drug-likeness (QED) is 0.0342. The van der Waals surface area contributed by atoms with Crippen molar-refractivity contribution in [1.82, 2.24) is 36.1 Å². The van der Waals surface area contributed by atoms with Crippen LogP contribution in [0.15, 0.2) is 17.5 Å². The number of carbonyl (C=O) groups is 8. The number of aliphatic hydroxyl groups excluding tert-OH is 1. The molecule has 14 N–H and O–H groups in total. The van der Waals surface area contributed by atoms with Crippen molar-refractivity contribution in [2.24, 2.45) is 22.2 Å². The summed E-state index contributed by atoms with van der Waals surface area (Å²) < 4.78 is 0. The first-order chi connectivity index (χ1) is 23.5. The van der Waals surface area contributed by atoms with Crippen molar-refractivity contribution in [3.8, 4) is 0 Å². The molecule has 1 aromatic rings. The van der Waals surface area contributed by atoms with Gasteiger partial charge in [-0.15, -0.1) is 0 Å². The number of likely N-dealkylation sites (tertiary alicyclic amines) is 1. The van der Waals surface area contributed by atoms with Gasteiger partial charge in [-0.3, -0.25) is 38.6 Å². The SMILES string of the molecule is CC(=O)N1CC[C@H](O)[C@H]1C(=O)N[C@@H](Cc1cnc[nH]1)C(=O)N[C@@H](CCCN=C(N)N)C(=O)N[C@@H](CCC(=O)O)C(=O)N[C@@H](CC(N)=O)C(=O)O. The van der Waals surface area contributed by atoms with Gasteiger partial charge in [-0.05, 0) is 25.7 Å². The number of aromatic nitrogens is 2. The number of primary amides is 1. The van der Waals surface area contributed by atoms with Crippen LogP contribution in [-0.4, -0.2) is 133 Å². The molecular weight excluding hydrogens is 666 g/mol. The highest BCUT2D eigenvalue weighted by Crippen LogP contribution is 2.19. The van der Waals surface area contributed by atoms with Crippen LogP contribution in [0.3, 0.4) is 0 Å². The zero-order chi connectivity index (χ0) is 37.5. The van der Waals surface area contributed by atoms with Crippen LogP contribution in [0.1, 0.15) is 51.1 Å². The average molecular weight is 710 g/mol. The Morgan fingerprint density at radius 3 is 2.06 bits per heavy atom. The number of hydrogen-bond donors (Lipinski definition) is 11. The second-order valence-electron chi connectivity index (χ2n) is 11.4. The van der Waals surface area contributed by atoms with Crippen LogP contribution in [0.25, 0.3) is 0 Å². The third-order valence-electron chi connectivity index (χ3n) is 7.53. The third kappa shape index (κ3) is 13.0. The van der Waals surface area contributed by atoms with E-state index in [1.54, 1.807) is 0 Å². The van der Waals surface area contributed by atoms with Crippen molar-refractivity contribution in [2.45, 2.75) is 88.2 Å². The van der Waals surface area contributed by atoms with E-state index in [2.05, 4.69) is 30.9 Å². The smallest absolute Gasteiger partial charge is 0.326 e. The number of rotatable bonds is 20. The summed E-state index contributed by atoms with van der Waals surface area (Å²) in [7, 11) is 0. The molecule has 0 spiro atoms. The minimum atomic E-state index is -1.79. The maximum absolute atomic E-state index is 13.7. The molecular formula is C28H43N11O11. The number of hydrogen-bond acceptors (Lipinski definition) is 11. The van der Waals surface area contributed by atoms with E-state index in [9.17, 15) is 53.7 Å². The highest BCUT2D eigenvalue weighted by molar-refractivity contribution is 5.96. The van der Waals surface area contributed by atoms with Gasteiger partial charge in [0.15, 0.2) is 5.96 Å². The van der Waals surface area contributed by atoms with Gasteiger partial charge in [-0.1, -0.05) is 0 Å². The third-order valence-corrected chi connectivity index (χ3v) is 7.53. The summed E-state index contributed by atoms with van der Waals surface area (Å²) in [6.45, 7) is 1.34. The molecule has 1 aliphatic rings. The predicted molar refractivity (Wildman–Crippen MR) is 170 cm³/mol. The Morgan fingerprint density at radius 2 is 1.54 bits per heavy atom. The number of imidazole rings is 1. The van der Waals surface area contributed by atoms with Gasteiger partial charge in [0, 0.05) is 44.7 Å². The van der Waals surface area contributed by atoms with E-state index in [1.165, 1.54) is 19.4 Å². The molecule has 0 aromatic carbocycles. The number of amides is 6. The highest BCUT2D eigenvalue weighted by Gasteiger charge is 2.41. The summed E-state index contributed by atoms with van der Waals surface area (Å²) in [5, 5.41) is 38.4. The van der Waals surface area contributed by atoms with E-state index in [1.807, 2.05) is 5.32 Å². The number of nitrogens with zero attached hydrogens (tertiary/aromatic N) is 3. The van der Waals surface area contributed by atoms with E-state index >= 15 is 0 Å². The largest absolute Gasteiger partial charge is 0.481 e. The number of aliphatic hydroxyl groups is 1. The van der Waals surface area contributed by atoms with Crippen LogP contribution in [0.5, 0.6) is 0 Å². The number of carbonyl (C=O) groups excluding carboxylic acids is 6. The topological polar surface area (TPSA) is 368 Å². The van der Waals surface area contributed by atoms with Crippen LogP contribution >= 0.6 is 0 Å². The van der Waals surface area contributed by atoms with Gasteiger partial charge in [0.05, 0.1) is 18.9 Å². The van der Waals surface area contributed by atoms with Crippen molar-refractivity contribution >= 4 is 53.3 Å². The highest BCUT2D eigenvalue weighted by atomic mass is 16.4. The monoisotopic (exact) mass is 709 g/mol. The van der Waals surface area contributed by atoms with E-state index in [0.29, 0.717) is 5.69 Å². The first-order valence-electron chi connectivity index (χ1n) is 15.4. The standard InChI is InChI=1S/C28H43N11O11/c1-13(40)39-8-6-19(41)22(39)26(48)37-17(9-14-11-32-12-34-14)25(47)35-15(3-2-7-33-28(30)31)23(45)36-16(4-5-21(43)44)24(46)38-18(27(49)50)10-20(29)42/h11-12,15-19,22,41H,2-10H2,1H3,(H2,29,42)(H,32,34)(H,35,47)(H,36,45)(H,37,48)(H,38,46)(H,43,44)(H,49,50)(H4,30,31,33)/t15-,16-,17-,18-,19-,22-/m0/s1. The molecule has 22 nitrogen and oxygen atoms in total. The number of H-pyrrole nitrogens is 1. The van der Waals surface area contributed by atoms with E-state index in [0.717, 1.165) is 4.90 Å². The molecule has 2 rings (SSSR count). The Balaban J connectivity index is 2.36. The van der Waals surface area contributed by atoms with Gasteiger partial charge in [0.25, 0.3) is 0 Å². The van der Waals surface area contributed by atoms with Crippen molar-refractivity contribution in [3.63, 3.8) is 0 Å². The number of guanidine groups is 1. The molecule has 276 valence electrons. The molecule has 1 aromatic heterocycles. The molecule has 50 heavy (non-hydrogen) atoms. The minimum Gasteiger partial charge on any atom is -0.481 e. The lowest BCUT2D eigenvalue weighted by atomic mass is 10.0. The fraction of sp³-hybridized carbons (Fsp3) is 0.571. The average Bonchev–Trinajstić information content (AvgIpc) is 3.68. The van der Waals surface area contributed by atoms with Crippen molar-refractivity contribution in [2.75, 3.05) is 13.1 Å². The summed E-state index contributed by atoms with van der Waals surface area (Å²) in [6.07, 6.45) is -0.557. The van der Waals surface area contributed by atoms with Gasteiger partial charge < -0.3 is 63.7 Å². The van der Waals surface area contributed by atoms with Crippen LogP contribution < -0.4 is 38.5 Å². The lowest BCUT2D eigenvalue weighted by Gasteiger charge is -2.28. The number of nitrogens with one attached hydrogen (secondary N) is 5. The molecule has 1 fully saturated rings. The number of aliphatic imine (C=N–C) groups is 1. The number of aliphatic carboxylic acids is 2. The van der Waals surface area contributed by atoms with Crippen LogP contribution in [0, 0.1) is 0 Å². The molecule has 0 radical (unpaired) electrons. The molecule has 0 unspecified atom stereocenters. The van der Waals surface area contributed by atoms with Gasteiger partial charge in [-0.2, -0.15) is 0 Å². The number of carboxylic acid groups (broad SMARTS) is 2. The molecule has 0 aliphatic carbocycles. The number of carboxylic acids is 2. The Bertz CT molecular complexity index is 1430. The molecule has 22 heteroatoms. The summed E-state index contributed by atoms with van der Waals surface area (Å²) in [5.74, 6) is -8.64. The molecule has 1 saturated heterocycles. The first-order valence-corrected chi connectivity index (χ1v) is 15.4. The first kappa shape index (κ1) is 40.4. The predicted octanol–water partition coefficient (Wildman–Crippen LogP) is -5.25. The Hall–Kier alpha value is -5.80. The van der Waals surface area contributed by atoms with Gasteiger partial charge in [0.1, 0.15) is 30.2 Å². The molecule has 6 atom stereocenters. The Kier molecular flexibility index (Phi) is 15.6. The Labute approximate surface area is 285 Å². The van der Waals surface area contributed by atoms with Crippen molar-refractivity contribution < 1.29 is 53.7 Å². The molecule has 0 bridgehead atoms. The zero-order valence-electron chi connectivity index (χ0n) is 27.2. The Morgan fingerprint density at radius 1 is 0.940 bits per heavy atom. The normalized spacial score (nSPS) is 17.7. The summed E-state index contributed by atoms with van der Waals surface area (Å²) in [6, 6.07) is -7.57. The lowest BCUT2D eigenvalue weighted by molar-refractivity contribution is -0.144. The minimum absolute atomic E-state index is 0.00702. The molecule has 1 aliphatic heterocycles. The summed E-state index contributed by atoms with van der Waals surface area (Å²) in [4.78, 5) is 112. The lowest BCUT2D eigenvalue weighted by Crippen LogP contribution is -2.59. The molecule has 6 amide bonds. The zero-order valence-corrected chi connectivity index (χ0v) is 27.2. The number of nitrogens with two attached hydrogens (primary N) is 3. The van der Waals surface area contributed by atoms with Crippen molar-refractivity contribution in [3.05, 3.63) is 18.2 Å². The maximum Gasteiger partial charge on any atom is 0.326 e. The fourth-order valence-corrected chi connectivity index (χ4v) is 5.06. The summed E-state index contributed by atoms with van der Waals surface area (Å²) in [5.41, 5.74) is 16.2. The van der Waals surface area contributed by atoms with E-state index < -0.39 is 103 Å². The molecule has 0 saturated carbocycles. The van der Waals surface area contributed by atoms with Gasteiger partial charge >= 0.3 is 11.9 Å². The van der Waals surface area contributed by atoms with Crippen molar-refractivity contribution in [1.29, 1.82) is 0 Å². The van der Waals surface area contributed by atoms with Crippen LogP contribution in [0.2, 0.25) is 0 Å². The van der Waals surface area contributed by atoms with Crippen LogP contribution in [0.4, 0.5) is 0 Å². The van der Waals surface area contributed by atoms with Gasteiger partial charge in [-0.25, -0.2) is 9.78 Å². The van der Waals surface area contributed by atoms with E-state index in [-0.39, 0.29) is 44.7 Å². The fourth-order valence-electron chi connectivity index (χ4n) is 5.06. The van der Waals surface area contributed by atoms with E-state index in [4.69, 9.17) is 17.2 Å². The maximum atomic E-state index is 13.7.